The number of benzene rings is 4. The average molecular weight is 1510 g/mol. The number of aromatic nitrogens is 6. The number of nitrogens with one attached hydrogen (secondary N) is 5. The van der Waals surface area contributed by atoms with Gasteiger partial charge in [0.1, 0.15) is 39.5 Å². The van der Waals surface area contributed by atoms with Crippen LogP contribution in [0.2, 0.25) is 0 Å². The number of fused-ring (bicyclic) bond motifs is 6. The van der Waals surface area contributed by atoms with Gasteiger partial charge in [-0.15, -0.1) is 0 Å². The minimum atomic E-state index is -0.611. The zero-order valence-corrected chi connectivity index (χ0v) is 67.2. The first-order valence-electron chi connectivity index (χ1n) is 38.3. The third-order valence-corrected chi connectivity index (χ3v) is 17.5. The standard InChI is InChI=1S/C33H49N9S.C25H50N4O6.C23H23N5S/c1-2-3-12-29-41-30-31(27-10-4-5-11-28(27)40-32(30)35)42(29)24-26-15-13-25(14-16-26)23-39-33(43)38-22-9-21-37-19-7-6-18-36-20-8-17-34;1-23(2,3)33-20(30)27-15-13-19-29(22(32)35-25(7,8)9)17-11-10-16-28(18-12-14-26)21(31)34-24(4,5)6;1-2-3-8-20-27-21-22(18-6-4-5-7-19(18)26-23(21)24)28(20)14-17-11-9-16(10-12-17)13-25-15-29/h4-5,10-11,13-16,36-37H,2-3,6-9,12,17-24,34H2,1H3,(H2,35,40)(H2,38,39,43);10-19,26H2,1-9H3,(H,27,30);4-7,9-12H,2-3,8,13-14H2,1H3,(H2,24,26). The molecule has 0 bridgehead atoms. The normalized spacial score (nSPS) is 11.5. The first kappa shape index (κ1) is 87.3. The molecular weight excluding hydrogens is 1390 g/mol. The molecule has 4 aromatic carbocycles. The van der Waals surface area contributed by atoms with E-state index < -0.39 is 29.0 Å². The van der Waals surface area contributed by atoms with Crippen molar-refractivity contribution in [2.75, 3.05) is 90.0 Å². The van der Waals surface area contributed by atoms with Gasteiger partial charge in [0.2, 0.25) is 0 Å². The quantitative estimate of drug-likeness (QED) is 0.00751. The summed E-state index contributed by atoms with van der Waals surface area (Å²) < 4.78 is 20.9. The predicted octanol–water partition coefficient (Wildman–Crippen LogP) is 13.9. The fraction of sp³-hybridized carbons (Fsp3) is 0.543. The van der Waals surface area contributed by atoms with E-state index in [0.29, 0.717) is 94.8 Å². The van der Waals surface area contributed by atoms with Crippen LogP contribution in [0.3, 0.4) is 0 Å². The number of nitrogens with two attached hydrogens (primary N) is 4. The van der Waals surface area contributed by atoms with Gasteiger partial charge in [-0.1, -0.05) is 112 Å². The largest absolute Gasteiger partial charge is 0.444 e. The summed E-state index contributed by atoms with van der Waals surface area (Å²) in [5.74, 6) is 3.10. The average Bonchev–Trinajstić information content (AvgIpc) is 1.63. The Morgan fingerprint density at radius 1 is 0.495 bits per heavy atom. The minimum Gasteiger partial charge on any atom is -0.444 e. The lowest BCUT2D eigenvalue weighted by molar-refractivity contribution is 0.0207. The van der Waals surface area contributed by atoms with Gasteiger partial charge in [0, 0.05) is 82.5 Å². The van der Waals surface area contributed by atoms with Crippen molar-refractivity contribution in [1.82, 2.24) is 65.5 Å². The number of hydrogen-bond donors (Lipinski definition) is 9. The van der Waals surface area contributed by atoms with Crippen molar-refractivity contribution >= 4 is 108 Å². The van der Waals surface area contributed by atoms with Crippen molar-refractivity contribution in [2.45, 2.75) is 209 Å². The van der Waals surface area contributed by atoms with E-state index in [1.165, 1.54) is 29.5 Å². The maximum atomic E-state index is 12.7. The second-order valence-electron chi connectivity index (χ2n) is 29.8. The number of isothiocyanates is 1. The van der Waals surface area contributed by atoms with Gasteiger partial charge in [-0.3, -0.25) is 0 Å². The minimum absolute atomic E-state index is 0.358. The predicted molar refractivity (Wildman–Crippen MR) is 444 cm³/mol. The number of rotatable bonds is 38. The number of aliphatic imine (C=N–C) groups is 1. The Morgan fingerprint density at radius 3 is 1.37 bits per heavy atom. The summed E-state index contributed by atoms with van der Waals surface area (Å²) in [5, 5.41) is 21.6. The maximum absolute atomic E-state index is 12.7. The number of alkyl carbamates (subject to hydrolysis) is 1. The van der Waals surface area contributed by atoms with Crippen LogP contribution in [0, 0.1) is 0 Å². The van der Waals surface area contributed by atoms with Gasteiger partial charge >= 0.3 is 18.3 Å². The zero-order valence-electron chi connectivity index (χ0n) is 65.6. The molecule has 4 aromatic heterocycles. The monoisotopic (exact) mass is 1510 g/mol. The summed E-state index contributed by atoms with van der Waals surface area (Å²) in [7, 11) is 0. The lowest BCUT2D eigenvalue weighted by atomic mass is 10.1. The number of thiocarbonyl (C=S) groups is 2. The van der Waals surface area contributed by atoms with Crippen molar-refractivity contribution in [3.8, 4) is 0 Å². The van der Waals surface area contributed by atoms with E-state index in [1.54, 1.807) is 30.6 Å². The van der Waals surface area contributed by atoms with E-state index in [9.17, 15) is 14.4 Å². The van der Waals surface area contributed by atoms with Gasteiger partial charge in [-0.2, -0.15) is 0 Å². The SMILES string of the molecule is CC(C)(C)OC(=O)NCCCN(CCCCN(CCCN)C(=O)OC(C)(C)C)C(=O)OC(C)(C)C.CCCCc1nc2c(N)nc3ccccc3c2n1Cc1ccc(CN=C=S)cc1.CCCCc1nc2c(N)nc3ccccc3c2n1Cc1ccc(CNC(=S)NCCCNCCCCNCCCN)cc1. The molecule has 107 heavy (non-hydrogen) atoms. The van der Waals surface area contributed by atoms with Gasteiger partial charge in [0.25, 0.3) is 0 Å². The summed E-state index contributed by atoms with van der Waals surface area (Å²) in [6.45, 7) is 32.0. The highest BCUT2D eigenvalue weighted by Crippen LogP contribution is 2.32. The van der Waals surface area contributed by atoms with Crippen molar-refractivity contribution < 1.29 is 28.6 Å². The van der Waals surface area contributed by atoms with Gasteiger partial charge in [-0.25, -0.2) is 39.3 Å². The molecule has 0 aliphatic rings. The number of anilines is 2. The van der Waals surface area contributed by atoms with Crippen LogP contribution < -0.4 is 49.5 Å². The topological polar surface area (TPSA) is 323 Å². The molecule has 8 aromatic rings. The molecule has 24 nitrogen and oxygen atoms in total. The van der Waals surface area contributed by atoms with Gasteiger partial charge in [0.05, 0.1) is 33.8 Å². The Balaban J connectivity index is 0.000000256. The molecule has 3 amide bonds. The van der Waals surface area contributed by atoms with Gasteiger partial charge < -0.3 is 82.7 Å². The lowest BCUT2D eigenvalue weighted by Gasteiger charge is -2.29. The number of carbonyl (C=O) groups is 3. The molecule has 0 radical (unpaired) electrons. The van der Waals surface area contributed by atoms with Crippen LogP contribution in [-0.4, -0.2) is 163 Å². The highest BCUT2D eigenvalue weighted by molar-refractivity contribution is 7.80. The summed E-state index contributed by atoms with van der Waals surface area (Å²) in [5.41, 5.74) is 32.3. The van der Waals surface area contributed by atoms with Crippen LogP contribution in [0.5, 0.6) is 0 Å². The first-order chi connectivity index (χ1) is 51.2. The Bertz CT molecular complexity index is 4080. The summed E-state index contributed by atoms with van der Waals surface area (Å²) >= 11 is 10.1. The van der Waals surface area contributed by atoms with Crippen LogP contribution in [0.15, 0.2) is 102 Å². The molecule has 26 heteroatoms. The maximum Gasteiger partial charge on any atom is 0.410 e. The molecule has 0 spiro atoms. The fourth-order valence-electron chi connectivity index (χ4n) is 11.7. The van der Waals surface area contributed by atoms with Crippen molar-refractivity contribution in [3.05, 3.63) is 131 Å². The van der Waals surface area contributed by atoms with Crippen molar-refractivity contribution in [3.63, 3.8) is 0 Å². The number of hydrogen-bond acceptors (Lipinski definition) is 19. The van der Waals surface area contributed by atoms with Crippen LogP contribution in [0.1, 0.15) is 187 Å². The van der Waals surface area contributed by atoms with E-state index in [-0.39, 0.29) is 6.09 Å². The Labute approximate surface area is 645 Å². The number of imidazole rings is 2. The van der Waals surface area contributed by atoms with E-state index in [0.717, 1.165) is 165 Å². The second kappa shape index (κ2) is 45.3. The molecular formula is C81H122N18O6S2. The Kier molecular flexibility index (Phi) is 36.9. The third-order valence-electron chi connectivity index (χ3n) is 17.0. The van der Waals surface area contributed by atoms with Gasteiger partial charge in [0.15, 0.2) is 16.7 Å². The number of carbonyl (C=O) groups excluding carboxylic acids is 3. The van der Waals surface area contributed by atoms with Crippen LogP contribution in [0.25, 0.3) is 43.9 Å². The molecule has 584 valence electrons. The first-order valence-corrected chi connectivity index (χ1v) is 39.1. The van der Waals surface area contributed by atoms with E-state index in [2.05, 4.69) is 143 Å². The Hall–Kier alpha value is -8.62. The number of pyridine rings is 2. The fourth-order valence-corrected chi connectivity index (χ4v) is 12.0. The Morgan fingerprint density at radius 2 is 0.916 bits per heavy atom. The molecule has 0 unspecified atom stereocenters. The number of nitrogen functional groups attached to an aromatic ring is 2. The third kappa shape index (κ3) is 30.9. The molecule has 13 N–H and O–H groups in total. The van der Waals surface area contributed by atoms with Crippen LogP contribution in [0.4, 0.5) is 26.0 Å². The molecule has 0 aliphatic heterocycles. The molecule has 4 heterocycles. The summed E-state index contributed by atoms with van der Waals surface area (Å²) in [6, 6.07) is 33.5. The highest BCUT2D eigenvalue weighted by Gasteiger charge is 2.26. The van der Waals surface area contributed by atoms with Crippen molar-refractivity contribution in [2.24, 2.45) is 16.5 Å². The molecule has 0 atom stereocenters. The lowest BCUT2D eigenvalue weighted by Crippen LogP contribution is -2.40. The van der Waals surface area contributed by atoms with Crippen molar-refractivity contribution in [1.29, 1.82) is 0 Å². The zero-order chi connectivity index (χ0) is 77.8. The van der Waals surface area contributed by atoms with E-state index in [4.69, 9.17) is 59.3 Å². The summed E-state index contributed by atoms with van der Waals surface area (Å²) in [4.78, 5) is 63.4. The van der Waals surface area contributed by atoms with E-state index in [1.807, 2.05) is 77.9 Å². The molecule has 0 saturated carbocycles. The second-order valence-corrected chi connectivity index (χ2v) is 30.4. The number of para-hydroxylation sites is 2. The van der Waals surface area contributed by atoms with Crippen LogP contribution in [-0.2, 0) is 53.2 Å². The van der Waals surface area contributed by atoms with Gasteiger partial charge in [-0.05, 0) is 225 Å². The molecule has 0 fully saturated rings. The smallest absolute Gasteiger partial charge is 0.410 e. The van der Waals surface area contributed by atoms with Crippen LogP contribution >= 0.6 is 24.4 Å². The number of amides is 3. The number of ether oxygens (including phenoxy) is 3. The highest BCUT2D eigenvalue weighted by atomic mass is 32.1. The molecule has 8 rings (SSSR count). The number of aryl methyl sites for hydroxylation is 2. The molecule has 0 aliphatic carbocycles. The molecule has 0 saturated heterocycles. The summed E-state index contributed by atoms with van der Waals surface area (Å²) in [6.07, 6.45) is 12.1. The number of nitrogens with zero attached hydrogens (tertiary/aromatic N) is 9. The number of unbranched alkanes of at least 4 members (excludes halogenated alkanes) is 4. The van der Waals surface area contributed by atoms with E-state index >= 15 is 0 Å².